The Morgan fingerprint density at radius 1 is 1.26 bits per heavy atom. The number of nitrogens with zero attached hydrogens (tertiary/aromatic N) is 1. The van der Waals surface area contributed by atoms with Gasteiger partial charge in [0.15, 0.2) is 0 Å². The van der Waals surface area contributed by atoms with Crippen molar-refractivity contribution in [2.45, 2.75) is 70.5 Å². The van der Waals surface area contributed by atoms with E-state index in [9.17, 15) is 4.79 Å². The van der Waals surface area contributed by atoms with Gasteiger partial charge in [-0.15, -0.1) is 0 Å². The molecule has 4 heteroatoms. The van der Waals surface area contributed by atoms with E-state index >= 15 is 0 Å². The number of hydrogen-bond donors (Lipinski definition) is 2. The summed E-state index contributed by atoms with van der Waals surface area (Å²) in [7, 11) is 0. The van der Waals surface area contributed by atoms with Crippen LogP contribution in [0.15, 0.2) is 0 Å². The largest absolute Gasteiger partial charge is 0.350 e. The van der Waals surface area contributed by atoms with Crippen molar-refractivity contribution in [1.29, 1.82) is 0 Å². The molecule has 0 aromatic rings. The molecule has 2 N–H and O–H groups in total. The lowest BCUT2D eigenvalue weighted by Gasteiger charge is -2.39. The quantitative estimate of drug-likeness (QED) is 0.814. The van der Waals surface area contributed by atoms with Crippen molar-refractivity contribution in [2.75, 3.05) is 19.6 Å². The van der Waals surface area contributed by atoms with Crippen LogP contribution in [0.5, 0.6) is 0 Å². The molecule has 0 saturated carbocycles. The molecule has 19 heavy (non-hydrogen) atoms. The van der Waals surface area contributed by atoms with Gasteiger partial charge in [0.2, 0.25) is 5.91 Å². The third-order valence-corrected chi connectivity index (χ3v) is 4.09. The van der Waals surface area contributed by atoms with Crippen LogP contribution in [0.4, 0.5) is 0 Å². The van der Waals surface area contributed by atoms with Gasteiger partial charge in [0.25, 0.3) is 0 Å². The second kappa shape index (κ2) is 6.23. The van der Waals surface area contributed by atoms with E-state index in [2.05, 4.69) is 15.5 Å². The van der Waals surface area contributed by atoms with Crippen molar-refractivity contribution >= 4 is 5.91 Å². The minimum atomic E-state index is -0.131. The summed E-state index contributed by atoms with van der Waals surface area (Å²) in [6.45, 7) is 8.88. The Hall–Kier alpha value is -0.610. The molecule has 2 atom stereocenters. The zero-order chi connectivity index (χ0) is 13.9. The Bertz CT molecular complexity index is 305. The molecule has 0 radical (unpaired) electrons. The molecular weight excluding hydrogens is 238 g/mol. The van der Waals surface area contributed by atoms with E-state index in [1.165, 1.54) is 32.1 Å². The van der Waals surface area contributed by atoms with Crippen LogP contribution >= 0.6 is 0 Å². The Labute approximate surface area is 117 Å². The standard InChI is InChI=1S/C15H29N3O/c1-15(2,3)17-14(19)11-18-10-5-4-8-13(18)12-7-6-9-16-12/h12-13,16H,4-11H2,1-3H3,(H,17,19). The lowest BCUT2D eigenvalue weighted by atomic mass is 9.94. The van der Waals surface area contributed by atoms with E-state index in [1.54, 1.807) is 0 Å². The molecule has 0 aliphatic carbocycles. The number of piperidine rings is 1. The van der Waals surface area contributed by atoms with Gasteiger partial charge in [0, 0.05) is 17.6 Å². The first-order valence-electron chi connectivity index (χ1n) is 7.74. The Morgan fingerprint density at radius 2 is 2.05 bits per heavy atom. The van der Waals surface area contributed by atoms with Crippen molar-refractivity contribution in [1.82, 2.24) is 15.5 Å². The zero-order valence-corrected chi connectivity index (χ0v) is 12.7. The lowest BCUT2D eigenvalue weighted by Crippen LogP contribution is -2.54. The fourth-order valence-corrected chi connectivity index (χ4v) is 3.35. The Morgan fingerprint density at radius 3 is 2.68 bits per heavy atom. The van der Waals surface area contributed by atoms with Crippen LogP contribution < -0.4 is 10.6 Å². The minimum absolute atomic E-state index is 0.131. The highest BCUT2D eigenvalue weighted by Crippen LogP contribution is 2.23. The van der Waals surface area contributed by atoms with Crippen molar-refractivity contribution < 1.29 is 4.79 Å². The van der Waals surface area contributed by atoms with Crippen molar-refractivity contribution in [3.05, 3.63) is 0 Å². The molecule has 0 bridgehead atoms. The number of amides is 1. The highest BCUT2D eigenvalue weighted by atomic mass is 16.2. The van der Waals surface area contributed by atoms with Crippen LogP contribution in [0, 0.1) is 0 Å². The van der Waals surface area contributed by atoms with E-state index in [0.717, 1.165) is 13.1 Å². The third kappa shape index (κ3) is 4.46. The monoisotopic (exact) mass is 267 g/mol. The molecule has 2 aliphatic heterocycles. The average Bonchev–Trinajstić information content (AvgIpc) is 2.80. The maximum absolute atomic E-state index is 12.1. The molecule has 0 aromatic carbocycles. The molecule has 2 aliphatic rings. The van der Waals surface area contributed by atoms with Gasteiger partial charge in [0.1, 0.15) is 0 Å². The predicted octanol–water partition coefficient (Wildman–Crippen LogP) is 1.51. The van der Waals surface area contributed by atoms with Crippen molar-refractivity contribution in [3.63, 3.8) is 0 Å². The fraction of sp³-hybridized carbons (Fsp3) is 0.933. The predicted molar refractivity (Wildman–Crippen MR) is 78.1 cm³/mol. The van der Waals surface area contributed by atoms with Gasteiger partial charge >= 0.3 is 0 Å². The summed E-state index contributed by atoms with van der Waals surface area (Å²) < 4.78 is 0. The molecule has 2 fully saturated rings. The van der Waals surface area contributed by atoms with E-state index in [4.69, 9.17) is 0 Å². The topological polar surface area (TPSA) is 44.4 Å². The zero-order valence-electron chi connectivity index (χ0n) is 12.7. The summed E-state index contributed by atoms with van der Waals surface area (Å²) in [5.74, 6) is 0.164. The number of carbonyl (C=O) groups excluding carboxylic acids is 1. The summed E-state index contributed by atoms with van der Waals surface area (Å²) >= 11 is 0. The van der Waals surface area contributed by atoms with E-state index < -0.39 is 0 Å². The molecular formula is C15H29N3O. The summed E-state index contributed by atoms with van der Waals surface area (Å²) in [5, 5.41) is 6.68. The third-order valence-electron chi connectivity index (χ3n) is 4.09. The number of carbonyl (C=O) groups is 1. The van der Waals surface area contributed by atoms with Gasteiger partial charge < -0.3 is 10.6 Å². The van der Waals surface area contributed by atoms with Crippen LogP contribution in [-0.4, -0.2) is 48.1 Å². The minimum Gasteiger partial charge on any atom is -0.350 e. The smallest absolute Gasteiger partial charge is 0.234 e. The van der Waals surface area contributed by atoms with E-state index in [-0.39, 0.29) is 11.4 Å². The van der Waals surface area contributed by atoms with Gasteiger partial charge in [-0.2, -0.15) is 0 Å². The molecule has 0 spiro atoms. The molecule has 4 nitrogen and oxygen atoms in total. The molecule has 2 rings (SSSR count). The van der Waals surface area contributed by atoms with Crippen LogP contribution in [0.1, 0.15) is 52.9 Å². The van der Waals surface area contributed by atoms with Crippen molar-refractivity contribution in [2.24, 2.45) is 0 Å². The van der Waals surface area contributed by atoms with Crippen LogP contribution in [-0.2, 0) is 4.79 Å². The summed E-state index contributed by atoms with van der Waals surface area (Å²) in [5.41, 5.74) is -0.131. The number of hydrogen-bond acceptors (Lipinski definition) is 3. The second-order valence-electron chi connectivity index (χ2n) is 7.03. The van der Waals surface area contributed by atoms with Gasteiger partial charge in [-0.25, -0.2) is 0 Å². The van der Waals surface area contributed by atoms with Crippen molar-refractivity contribution in [3.8, 4) is 0 Å². The fourth-order valence-electron chi connectivity index (χ4n) is 3.35. The average molecular weight is 267 g/mol. The number of rotatable bonds is 3. The number of likely N-dealkylation sites (tertiary alicyclic amines) is 1. The highest BCUT2D eigenvalue weighted by Gasteiger charge is 2.32. The molecule has 0 aromatic heterocycles. The maximum atomic E-state index is 12.1. The Kier molecular flexibility index (Phi) is 4.85. The summed E-state index contributed by atoms with van der Waals surface area (Å²) in [6.07, 6.45) is 6.32. The summed E-state index contributed by atoms with van der Waals surface area (Å²) in [4.78, 5) is 14.5. The molecule has 110 valence electrons. The normalized spacial score (nSPS) is 29.4. The van der Waals surface area contributed by atoms with Gasteiger partial charge in [-0.05, 0) is 59.5 Å². The molecule has 2 saturated heterocycles. The molecule has 2 heterocycles. The lowest BCUT2D eigenvalue weighted by molar-refractivity contribution is -0.124. The molecule has 2 unspecified atom stereocenters. The van der Waals surface area contributed by atoms with E-state index in [0.29, 0.717) is 18.6 Å². The van der Waals surface area contributed by atoms with Gasteiger partial charge in [0.05, 0.1) is 6.54 Å². The van der Waals surface area contributed by atoms with Crippen LogP contribution in [0.25, 0.3) is 0 Å². The highest BCUT2D eigenvalue weighted by molar-refractivity contribution is 5.78. The van der Waals surface area contributed by atoms with Gasteiger partial charge in [-0.3, -0.25) is 9.69 Å². The maximum Gasteiger partial charge on any atom is 0.234 e. The SMILES string of the molecule is CC(C)(C)NC(=O)CN1CCCCC1C1CCCN1. The van der Waals surface area contributed by atoms with Crippen LogP contribution in [0.2, 0.25) is 0 Å². The molecule has 1 amide bonds. The second-order valence-corrected chi connectivity index (χ2v) is 7.03. The Balaban J connectivity index is 1.90. The summed E-state index contributed by atoms with van der Waals surface area (Å²) in [6, 6.07) is 1.16. The van der Waals surface area contributed by atoms with Gasteiger partial charge in [-0.1, -0.05) is 6.42 Å². The van der Waals surface area contributed by atoms with Crippen LogP contribution in [0.3, 0.4) is 0 Å². The first kappa shape index (κ1) is 14.8. The number of nitrogens with one attached hydrogen (secondary N) is 2. The first-order chi connectivity index (χ1) is 8.96. The van der Waals surface area contributed by atoms with E-state index in [1.807, 2.05) is 20.8 Å². The first-order valence-corrected chi connectivity index (χ1v) is 7.74.